The Morgan fingerprint density at radius 2 is 2.04 bits per heavy atom. The number of rotatable bonds is 6. The molecule has 5 nitrogen and oxygen atoms in total. The summed E-state index contributed by atoms with van der Waals surface area (Å²) in [6, 6.07) is 10.8. The number of likely N-dealkylation sites (tertiary alicyclic amines) is 1. The van der Waals surface area contributed by atoms with Crippen molar-refractivity contribution < 1.29 is 8.42 Å². The molecule has 0 amide bonds. The second kappa shape index (κ2) is 7.27. The lowest BCUT2D eigenvalue weighted by Crippen LogP contribution is -2.35. The first-order valence-corrected chi connectivity index (χ1v) is 9.80. The van der Waals surface area contributed by atoms with E-state index in [1.54, 1.807) is 30.5 Å². The van der Waals surface area contributed by atoms with E-state index in [4.69, 9.17) is 0 Å². The molecule has 0 spiro atoms. The van der Waals surface area contributed by atoms with Gasteiger partial charge < -0.3 is 4.90 Å². The second-order valence-corrected chi connectivity index (χ2v) is 8.25. The highest BCUT2D eigenvalue weighted by Crippen LogP contribution is 2.25. The summed E-state index contributed by atoms with van der Waals surface area (Å²) in [6.45, 7) is 2.86. The molecule has 1 saturated heterocycles. The number of benzene rings is 1. The Labute approximate surface area is 137 Å². The van der Waals surface area contributed by atoms with Gasteiger partial charge in [0.15, 0.2) is 9.84 Å². The molecule has 1 aromatic heterocycles. The molecule has 0 bridgehead atoms. The number of H-pyrrole nitrogens is 1. The van der Waals surface area contributed by atoms with Crippen LogP contribution in [0.4, 0.5) is 0 Å². The molecule has 1 aliphatic heterocycles. The predicted octanol–water partition coefficient (Wildman–Crippen LogP) is 2.45. The Hall–Kier alpha value is -1.66. The van der Waals surface area contributed by atoms with Gasteiger partial charge >= 0.3 is 0 Å². The quantitative estimate of drug-likeness (QED) is 0.882. The molecule has 3 rings (SSSR count). The van der Waals surface area contributed by atoms with E-state index in [9.17, 15) is 8.42 Å². The summed E-state index contributed by atoms with van der Waals surface area (Å²) >= 11 is 0. The summed E-state index contributed by atoms with van der Waals surface area (Å²) < 4.78 is 24.6. The van der Waals surface area contributed by atoms with Gasteiger partial charge in [-0.2, -0.15) is 5.10 Å². The summed E-state index contributed by atoms with van der Waals surface area (Å²) in [5.41, 5.74) is 1.19. The SMILES string of the molecule is O=S(=O)(CCCN1CCC[C@H](c2ccn[nH]2)C1)c1ccccc1. The van der Waals surface area contributed by atoms with E-state index in [2.05, 4.69) is 15.1 Å². The van der Waals surface area contributed by atoms with Crippen LogP contribution in [0.15, 0.2) is 47.5 Å². The van der Waals surface area contributed by atoms with Crippen molar-refractivity contribution in [3.8, 4) is 0 Å². The van der Waals surface area contributed by atoms with Crippen molar-refractivity contribution in [2.45, 2.75) is 30.1 Å². The lowest BCUT2D eigenvalue weighted by atomic mass is 9.95. The van der Waals surface area contributed by atoms with E-state index in [-0.39, 0.29) is 5.75 Å². The smallest absolute Gasteiger partial charge is 0.178 e. The fourth-order valence-electron chi connectivity index (χ4n) is 3.23. The summed E-state index contributed by atoms with van der Waals surface area (Å²) in [6.07, 6.45) is 4.78. The molecule has 2 aromatic rings. The summed E-state index contributed by atoms with van der Waals surface area (Å²) in [4.78, 5) is 2.80. The number of aromatic amines is 1. The van der Waals surface area contributed by atoms with Gasteiger partial charge in [-0.05, 0) is 50.6 Å². The van der Waals surface area contributed by atoms with Gasteiger partial charge in [-0.25, -0.2) is 8.42 Å². The predicted molar refractivity (Wildman–Crippen MR) is 90.1 cm³/mol. The minimum absolute atomic E-state index is 0.211. The maximum absolute atomic E-state index is 12.3. The molecule has 23 heavy (non-hydrogen) atoms. The second-order valence-electron chi connectivity index (χ2n) is 6.14. The molecule has 1 atom stereocenters. The van der Waals surface area contributed by atoms with Crippen LogP contribution < -0.4 is 0 Å². The molecule has 1 N–H and O–H groups in total. The van der Waals surface area contributed by atoms with Crippen LogP contribution in [0.5, 0.6) is 0 Å². The first kappa shape index (κ1) is 16.2. The average Bonchev–Trinajstić information content (AvgIpc) is 3.10. The maximum atomic E-state index is 12.3. The van der Waals surface area contributed by atoms with Crippen LogP contribution in [0.1, 0.15) is 30.9 Å². The zero-order chi connectivity index (χ0) is 16.1. The van der Waals surface area contributed by atoms with Crippen molar-refractivity contribution in [1.29, 1.82) is 0 Å². The zero-order valence-corrected chi connectivity index (χ0v) is 14.0. The van der Waals surface area contributed by atoms with Gasteiger partial charge in [0.1, 0.15) is 0 Å². The van der Waals surface area contributed by atoms with E-state index in [0.29, 0.717) is 17.2 Å². The van der Waals surface area contributed by atoms with Crippen LogP contribution in [0.3, 0.4) is 0 Å². The van der Waals surface area contributed by atoms with E-state index in [1.807, 2.05) is 12.1 Å². The molecule has 1 aliphatic rings. The fourth-order valence-corrected chi connectivity index (χ4v) is 4.55. The minimum atomic E-state index is -3.16. The Kier molecular flexibility index (Phi) is 5.13. The topological polar surface area (TPSA) is 66.1 Å². The molecule has 2 heterocycles. The third-order valence-corrected chi connectivity index (χ3v) is 6.27. The lowest BCUT2D eigenvalue weighted by Gasteiger charge is -2.32. The molecule has 1 aromatic carbocycles. The summed E-state index contributed by atoms with van der Waals surface area (Å²) in [7, 11) is -3.16. The number of nitrogens with one attached hydrogen (secondary N) is 1. The number of nitrogens with zero attached hydrogens (tertiary/aromatic N) is 2. The van der Waals surface area contributed by atoms with Gasteiger partial charge in [0.25, 0.3) is 0 Å². The highest BCUT2D eigenvalue weighted by atomic mass is 32.2. The fraction of sp³-hybridized carbons (Fsp3) is 0.471. The van der Waals surface area contributed by atoms with Crippen LogP contribution in [-0.2, 0) is 9.84 Å². The van der Waals surface area contributed by atoms with Crippen LogP contribution in [0.25, 0.3) is 0 Å². The number of hydrogen-bond donors (Lipinski definition) is 1. The van der Waals surface area contributed by atoms with Crippen molar-refractivity contribution in [3.63, 3.8) is 0 Å². The highest BCUT2D eigenvalue weighted by Gasteiger charge is 2.22. The van der Waals surface area contributed by atoms with Crippen LogP contribution in [-0.4, -0.2) is 48.9 Å². The molecule has 0 aliphatic carbocycles. The summed E-state index contributed by atoms with van der Waals surface area (Å²) in [5, 5.41) is 7.08. The molecule has 0 unspecified atom stereocenters. The van der Waals surface area contributed by atoms with E-state index in [0.717, 1.165) is 26.1 Å². The van der Waals surface area contributed by atoms with Gasteiger partial charge in [-0.15, -0.1) is 0 Å². The number of piperidine rings is 1. The molecular weight excluding hydrogens is 310 g/mol. The van der Waals surface area contributed by atoms with Crippen LogP contribution in [0, 0.1) is 0 Å². The van der Waals surface area contributed by atoms with Gasteiger partial charge in [-0.1, -0.05) is 18.2 Å². The Morgan fingerprint density at radius 1 is 1.22 bits per heavy atom. The normalized spacial score (nSPS) is 19.7. The molecule has 0 saturated carbocycles. The standard InChI is InChI=1S/C17H23N3O2S/c21-23(22,16-7-2-1-3-8-16)13-5-12-20-11-4-6-15(14-20)17-9-10-18-19-17/h1-3,7-10,15H,4-6,11-14H2,(H,18,19)/t15-/m0/s1. The molecule has 0 radical (unpaired) electrons. The maximum Gasteiger partial charge on any atom is 0.178 e. The lowest BCUT2D eigenvalue weighted by molar-refractivity contribution is 0.207. The van der Waals surface area contributed by atoms with Gasteiger partial charge in [0, 0.05) is 24.4 Å². The van der Waals surface area contributed by atoms with Gasteiger partial charge in [0.05, 0.1) is 10.6 Å². The van der Waals surface area contributed by atoms with Crippen molar-refractivity contribution in [3.05, 3.63) is 48.3 Å². The molecule has 6 heteroatoms. The number of sulfone groups is 1. The Balaban J connectivity index is 1.51. The zero-order valence-electron chi connectivity index (χ0n) is 13.2. The monoisotopic (exact) mass is 333 g/mol. The minimum Gasteiger partial charge on any atom is -0.303 e. The molecular formula is C17H23N3O2S. The van der Waals surface area contributed by atoms with Gasteiger partial charge in [-0.3, -0.25) is 5.10 Å². The largest absolute Gasteiger partial charge is 0.303 e. The van der Waals surface area contributed by atoms with E-state index < -0.39 is 9.84 Å². The molecule has 124 valence electrons. The van der Waals surface area contributed by atoms with Crippen LogP contribution >= 0.6 is 0 Å². The number of hydrogen-bond acceptors (Lipinski definition) is 4. The van der Waals surface area contributed by atoms with Crippen molar-refractivity contribution in [2.24, 2.45) is 0 Å². The highest BCUT2D eigenvalue weighted by molar-refractivity contribution is 7.91. The van der Waals surface area contributed by atoms with Crippen molar-refractivity contribution in [1.82, 2.24) is 15.1 Å². The van der Waals surface area contributed by atoms with Crippen LogP contribution in [0.2, 0.25) is 0 Å². The Morgan fingerprint density at radius 3 is 2.78 bits per heavy atom. The van der Waals surface area contributed by atoms with Crippen molar-refractivity contribution >= 4 is 9.84 Å². The van der Waals surface area contributed by atoms with Crippen molar-refractivity contribution in [2.75, 3.05) is 25.4 Å². The number of aromatic nitrogens is 2. The molecule has 1 fully saturated rings. The van der Waals surface area contributed by atoms with E-state index in [1.165, 1.54) is 12.1 Å². The average molecular weight is 333 g/mol. The summed E-state index contributed by atoms with van der Waals surface area (Å²) in [5.74, 6) is 0.694. The Bertz CT molecular complexity index is 699. The van der Waals surface area contributed by atoms with Gasteiger partial charge in [0.2, 0.25) is 0 Å². The first-order valence-electron chi connectivity index (χ1n) is 8.14. The first-order chi connectivity index (χ1) is 11.1. The van der Waals surface area contributed by atoms with E-state index >= 15 is 0 Å². The third-order valence-electron chi connectivity index (χ3n) is 4.46. The third kappa shape index (κ3) is 4.20.